The first kappa shape index (κ1) is 21.0. The minimum Gasteiger partial charge on any atom is -0.459 e. The molecule has 5 nitrogen and oxygen atoms in total. The quantitative estimate of drug-likeness (QED) is 0.506. The van der Waals surface area contributed by atoms with Crippen molar-refractivity contribution in [2.45, 2.75) is 32.9 Å². The second-order valence-electron chi connectivity index (χ2n) is 7.11. The average molecular weight is 503 g/mol. The SMILES string of the molecule is CC1=C(C(=O)OC(C)C)[C@@H](c2cccs2)n2c(s/c(=C/c3cccc(Br)c3)c2=O)=N1. The highest BCUT2D eigenvalue weighted by atomic mass is 79.9. The number of nitrogens with zero attached hydrogens (tertiary/aromatic N) is 2. The summed E-state index contributed by atoms with van der Waals surface area (Å²) in [7, 11) is 0. The normalized spacial score (nSPS) is 16.6. The van der Waals surface area contributed by atoms with Gasteiger partial charge in [-0.2, -0.15) is 0 Å². The fourth-order valence-electron chi connectivity index (χ4n) is 3.32. The summed E-state index contributed by atoms with van der Waals surface area (Å²) in [5, 5.41) is 1.94. The van der Waals surface area contributed by atoms with Gasteiger partial charge in [-0.05, 0) is 56.0 Å². The van der Waals surface area contributed by atoms with Crippen molar-refractivity contribution in [1.29, 1.82) is 0 Å². The first-order valence-corrected chi connectivity index (χ1v) is 11.9. The molecule has 8 heteroatoms. The van der Waals surface area contributed by atoms with Crippen LogP contribution in [0.1, 0.15) is 37.3 Å². The summed E-state index contributed by atoms with van der Waals surface area (Å²) >= 11 is 6.29. The molecular weight excluding hydrogens is 484 g/mol. The van der Waals surface area contributed by atoms with Crippen molar-refractivity contribution in [2.75, 3.05) is 0 Å². The molecule has 0 radical (unpaired) electrons. The van der Waals surface area contributed by atoms with Crippen LogP contribution in [0.25, 0.3) is 6.08 Å². The molecular formula is C22H19BrN2O3S2. The van der Waals surface area contributed by atoms with Crippen molar-refractivity contribution < 1.29 is 9.53 Å². The molecule has 1 atom stereocenters. The van der Waals surface area contributed by atoms with E-state index in [9.17, 15) is 9.59 Å². The molecule has 4 rings (SSSR count). The summed E-state index contributed by atoms with van der Waals surface area (Å²) in [6.07, 6.45) is 1.59. The number of benzene rings is 1. The number of aromatic nitrogens is 1. The zero-order valence-corrected chi connectivity index (χ0v) is 19.8. The van der Waals surface area contributed by atoms with Crippen LogP contribution in [0.15, 0.2) is 67.3 Å². The molecule has 0 aliphatic carbocycles. The van der Waals surface area contributed by atoms with Gasteiger partial charge in [0.25, 0.3) is 5.56 Å². The zero-order chi connectivity index (χ0) is 21.4. The van der Waals surface area contributed by atoms with Gasteiger partial charge in [-0.3, -0.25) is 9.36 Å². The maximum absolute atomic E-state index is 13.4. The van der Waals surface area contributed by atoms with Crippen LogP contribution in [0.4, 0.5) is 0 Å². The minimum absolute atomic E-state index is 0.167. The van der Waals surface area contributed by atoms with E-state index in [1.165, 1.54) is 22.7 Å². The van der Waals surface area contributed by atoms with Gasteiger partial charge < -0.3 is 4.74 Å². The van der Waals surface area contributed by atoms with Gasteiger partial charge in [0.15, 0.2) is 4.80 Å². The lowest BCUT2D eigenvalue weighted by Gasteiger charge is -2.24. The van der Waals surface area contributed by atoms with Crippen LogP contribution in [0.3, 0.4) is 0 Å². The standard InChI is InChI=1S/C22H19BrN2O3S2/c1-12(2)28-21(27)18-13(3)24-22-25(19(18)16-8-5-9-29-16)20(26)17(30-22)11-14-6-4-7-15(23)10-14/h4-12,19H,1-3H3/b17-11+/t19-/m1/s1. The Bertz CT molecular complexity index is 1320. The number of halogens is 1. The van der Waals surface area contributed by atoms with Crippen LogP contribution in [-0.2, 0) is 9.53 Å². The number of thiophene rings is 1. The number of carbonyl (C=O) groups excluding carboxylic acids is 1. The van der Waals surface area contributed by atoms with Gasteiger partial charge in [0.05, 0.1) is 21.9 Å². The Morgan fingerprint density at radius 1 is 1.30 bits per heavy atom. The van der Waals surface area contributed by atoms with Crippen molar-refractivity contribution in [3.05, 3.63) is 87.6 Å². The van der Waals surface area contributed by atoms with E-state index >= 15 is 0 Å². The van der Waals surface area contributed by atoms with Gasteiger partial charge >= 0.3 is 5.97 Å². The Morgan fingerprint density at radius 2 is 2.10 bits per heavy atom. The van der Waals surface area contributed by atoms with E-state index in [-0.39, 0.29) is 11.7 Å². The summed E-state index contributed by atoms with van der Waals surface area (Å²) in [5.41, 5.74) is 1.74. The fourth-order valence-corrected chi connectivity index (χ4v) is 5.61. The number of thiazole rings is 1. The fraction of sp³-hybridized carbons (Fsp3) is 0.227. The van der Waals surface area contributed by atoms with E-state index in [0.717, 1.165) is 14.9 Å². The van der Waals surface area contributed by atoms with Crippen LogP contribution in [0, 0.1) is 0 Å². The van der Waals surface area contributed by atoms with Gasteiger partial charge in [-0.25, -0.2) is 9.79 Å². The summed E-state index contributed by atoms with van der Waals surface area (Å²) < 4.78 is 8.61. The van der Waals surface area contributed by atoms with Crippen molar-refractivity contribution >= 4 is 50.6 Å². The Balaban J connectivity index is 1.93. The highest BCUT2D eigenvalue weighted by Gasteiger charge is 2.34. The average Bonchev–Trinajstić information content (AvgIpc) is 3.29. The Hall–Kier alpha value is -2.29. The lowest BCUT2D eigenvalue weighted by Crippen LogP contribution is -2.39. The van der Waals surface area contributed by atoms with Crippen molar-refractivity contribution in [3.8, 4) is 0 Å². The van der Waals surface area contributed by atoms with Gasteiger partial charge in [-0.15, -0.1) is 11.3 Å². The Kier molecular flexibility index (Phi) is 5.90. The summed E-state index contributed by atoms with van der Waals surface area (Å²) in [5.74, 6) is -0.439. The number of hydrogen-bond donors (Lipinski definition) is 0. The van der Waals surface area contributed by atoms with Crippen LogP contribution >= 0.6 is 38.6 Å². The summed E-state index contributed by atoms with van der Waals surface area (Å²) in [6, 6.07) is 11.1. The molecule has 154 valence electrons. The van der Waals surface area contributed by atoms with E-state index in [2.05, 4.69) is 20.9 Å². The number of fused-ring (bicyclic) bond motifs is 1. The molecule has 1 aromatic carbocycles. The third-order valence-electron chi connectivity index (χ3n) is 4.54. The molecule has 3 aromatic rings. The van der Waals surface area contributed by atoms with Gasteiger partial charge in [0, 0.05) is 9.35 Å². The monoisotopic (exact) mass is 502 g/mol. The lowest BCUT2D eigenvalue weighted by molar-refractivity contribution is -0.143. The molecule has 0 N–H and O–H groups in total. The van der Waals surface area contributed by atoms with E-state index in [4.69, 9.17) is 4.74 Å². The van der Waals surface area contributed by atoms with E-state index in [1.807, 2.05) is 47.9 Å². The van der Waals surface area contributed by atoms with Crippen molar-refractivity contribution in [1.82, 2.24) is 4.57 Å². The van der Waals surface area contributed by atoms with Crippen LogP contribution in [0.5, 0.6) is 0 Å². The van der Waals surface area contributed by atoms with Crippen molar-refractivity contribution in [3.63, 3.8) is 0 Å². The molecule has 0 fully saturated rings. The molecule has 3 heterocycles. The molecule has 0 bridgehead atoms. The second-order valence-corrected chi connectivity index (χ2v) is 10.0. The zero-order valence-electron chi connectivity index (χ0n) is 16.6. The van der Waals surface area contributed by atoms with Crippen LogP contribution < -0.4 is 14.9 Å². The number of allylic oxidation sites excluding steroid dienone is 1. The summed E-state index contributed by atoms with van der Waals surface area (Å²) in [6.45, 7) is 5.41. The number of ether oxygens (including phenoxy) is 1. The predicted molar refractivity (Wildman–Crippen MR) is 123 cm³/mol. The highest BCUT2D eigenvalue weighted by molar-refractivity contribution is 9.10. The van der Waals surface area contributed by atoms with E-state index in [1.54, 1.807) is 25.3 Å². The molecule has 0 spiro atoms. The molecule has 2 aromatic heterocycles. The van der Waals surface area contributed by atoms with E-state index in [0.29, 0.717) is 20.6 Å². The maximum atomic E-state index is 13.4. The van der Waals surface area contributed by atoms with Gasteiger partial charge in [0.2, 0.25) is 0 Å². The molecule has 0 unspecified atom stereocenters. The number of esters is 1. The molecule has 0 saturated heterocycles. The molecule has 1 aliphatic heterocycles. The predicted octanol–water partition coefficient (Wildman–Crippen LogP) is 4.01. The van der Waals surface area contributed by atoms with Gasteiger partial charge in [0.1, 0.15) is 6.04 Å². The van der Waals surface area contributed by atoms with Crippen molar-refractivity contribution in [2.24, 2.45) is 4.99 Å². The topological polar surface area (TPSA) is 60.7 Å². The maximum Gasteiger partial charge on any atom is 0.338 e. The van der Waals surface area contributed by atoms with Crippen LogP contribution in [-0.4, -0.2) is 16.6 Å². The Morgan fingerprint density at radius 3 is 2.77 bits per heavy atom. The third-order valence-corrected chi connectivity index (χ3v) is 6.94. The molecule has 1 aliphatic rings. The molecule has 30 heavy (non-hydrogen) atoms. The molecule has 0 saturated carbocycles. The first-order valence-electron chi connectivity index (χ1n) is 9.37. The number of hydrogen-bond acceptors (Lipinski definition) is 6. The summed E-state index contributed by atoms with van der Waals surface area (Å²) in [4.78, 5) is 32.4. The highest BCUT2D eigenvalue weighted by Crippen LogP contribution is 2.33. The second kappa shape index (κ2) is 8.45. The number of rotatable bonds is 4. The first-order chi connectivity index (χ1) is 14.3. The van der Waals surface area contributed by atoms with Crippen LogP contribution in [0.2, 0.25) is 0 Å². The Labute approximate surface area is 189 Å². The number of carbonyl (C=O) groups is 1. The molecule has 0 amide bonds. The van der Waals surface area contributed by atoms with E-state index < -0.39 is 12.0 Å². The minimum atomic E-state index is -0.544. The largest absolute Gasteiger partial charge is 0.459 e. The van der Waals surface area contributed by atoms with Gasteiger partial charge in [-0.1, -0.05) is 45.5 Å². The smallest absolute Gasteiger partial charge is 0.338 e. The third kappa shape index (κ3) is 3.99. The lowest BCUT2D eigenvalue weighted by atomic mass is 10.0.